The van der Waals surface area contributed by atoms with Gasteiger partial charge in [0.05, 0.1) is 5.56 Å². The number of carboxylic acid groups (broad SMARTS) is 1. The Morgan fingerprint density at radius 2 is 1.80 bits per heavy atom. The van der Waals surface area contributed by atoms with Crippen LogP contribution in [-0.2, 0) is 10.0 Å². The number of hydrogen-bond acceptors (Lipinski definition) is 4. The van der Waals surface area contributed by atoms with E-state index < -0.39 is 16.0 Å². The number of carbonyl (C=O) groups is 1. The van der Waals surface area contributed by atoms with Gasteiger partial charge in [-0.2, -0.15) is 0 Å². The zero-order valence-electron chi connectivity index (χ0n) is 11.0. The molecular weight excluding hydrogens is 280 g/mol. The molecule has 0 amide bonds. The zero-order chi connectivity index (χ0) is 15.1. The maximum atomic E-state index is 11.8. The van der Waals surface area contributed by atoms with Gasteiger partial charge in [-0.15, -0.1) is 0 Å². The van der Waals surface area contributed by atoms with Crippen molar-refractivity contribution in [2.24, 2.45) is 5.14 Å². The Bertz CT molecular complexity index is 797. The molecule has 0 aliphatic heterocycles. The van der Waals surface area contributed by atoms with E-state index in [4.69, 9.17) is 10.2 Å². The summed E-state index contributed by atoms with van der Waals surface area (Å²) in [5, 5.41) is 15.3. The third kappa shape index (κ3) is 2.33. The fourth-order valence-corrected chi connectivity index (χ4v) is 3.12. The molecule has 0 fully saturated rings. The predicted molar refractivity (Wildman–Crippen MR) is 76.6 cm³/mol. The van der Waals surface area contributed by atoms with Crippen molar-refractivity contribution < 1.29 is 18.3 Å². The molecule has 0 bridgehead atoms. The van der Waals surface area contributed by atoms with Crippen LogP contribution < -0.4 is 10.0 Å². The van der Waals surface area contributed by atoms with Crippen LogP contribution in [0.5, 0.6) is 0 Å². The summed E-state index contributed by atoms with van der Waals surface area (Å²) in [5.74, 6) is -1.33. The topological polar surface area (TPSA) is 101 Å². The lowest BCUT2D eigenvalue weighted by atomic mass is 10.0. The summed E-state index contributed by atoms with van der Waals surface area (Å²) >= 11 is 0. The molecule has 0 unspecified atom stereocenters. The fraction of sp³-hybridized carbons (Fsp3) is 0.154. The number of hydrogen-bond donors (Lipinski definition) is 2. The van der Waals surface area contributed by atoms with Crippen molar-refractivity contribution in [2.75, 3.05) is 19.0 Å². The Kier molecular flexibility index (Phi) is 3.41. The van der Waals surface area contributed by atoms with Crippen LogP contribution in [0.3, 0.4) is 0 Å². The minimum absolute atomic E-state index is 0.304. The highest BCUT2D eigenvalue weighted by molar-refractivity contribution is 7.89. The average molecular weight is 294 g/mol. The molecule has 0 radical (unpaired) electrons. The van der Waals surface area contributed by atoms with Gasteiger partial charge >= 0.3 is 5.97 Å². The molecular formula is C13H14N2O4S. The molecule has 0 atom stereocenters. The summed E-state index contributed by atoms with van der Waals surface area (Å²) in [4.78, 5) is 12.7. The van der Waals surface area contributed by atoms with E-state index in [0.717, 1.165) is 5.69 Å². The second kappa shape index (κ2) is 4.77. The third-order valence-electron chi connectivity index (χ3n) is 2.99. The van der Waals surface area contributed by atoms with Crippen molar-refractivity contribution in [1.82, 2.24) is 0 Å². The fourth-order valence-electron chi connectivity index (χ4n) is 2.18. The van der Waals surface area contributed by atoms with Crippen LogP contribution in [0, 0.1) is 0 Å². The minimum atomic E-state index is -4.15. The maximum Gasteiger partial charge on any atom is 0.337 e. The van der Waals surface area contributed by atoms with Crippen LogP contribution in [0.2, 0.25) is 0 Å². The number of sulfonamides is 1. The smallest absolute Gasteiger partial charge is 0.337 e. The summed E-state index contributed by atoms with van der Waals surface area (Å²) < 4.78 is 23.5. The average Bonchev–Trinajstić information content (AvgIpc) is 2.34. The lowest BCUT2D eigenvalue weighted by molar-refractivity contribution is 0.0693. The summed E-state index contributed by atoms with van der Waals surface area (Å²) in [5.41, 5.74) is 0.459. The Morgan fingerprint density at radius 1 is 1.15 bits per heavy atom. The third-order valence-corrected chi connectivity index (χ3v) is 3.99. The van der Waals surface area contributed by atoms with Gasteiger partial charge in [0.25, 0.3) is 0 Å². The molecule has 3 N–H and O–H groups in total. The van der Waals surface area contributed by atoms with E-state index >= 15 is 0 Å². The largest absolute Gasteiger partial charge is 0.478 e. The molecule has 20 heavy (non-hydrogen) atoms. The molecule has 0 saturated carbocycles. The number of carboxylic acids is 1. The summed E-state index contributed by atoms with van der Waals surface area (Å²) in [6.07, 6.45) is 0. The number of benzene rings is 2. The lowest BCUT2D eigenvalue weighted by Gasteiger charge is -2.17. The first-order chi connectivity index (χ1) is 9.23. The number of nitrogens with two attached hydrogens (primary N) is 1. The van der Waals surface area contributed by atoms with E-state index in [2.05, 4.69) is 0 Å². The van der Waals surface area contributed by atoms with Crippen LogP contribution in [-0.4, -0.2) is 33.6 Å². The van der Waals surface area contributed by atoms with Crippen molar-refractivity contribution >= 4 is 32.5 Å². The van der Waals surface area contributed by atoms with Crippen LogP contribution in [0.25, 0.3) is 10.8 Å². The molecule has 2 aromatic rings. The molecule has 0 heterocycles. The van der Waals surface area contributed by atoms with E-state index in [9.17, 15) is 13.2 Å². The zero-order valence-corrected chi connectivity index (χ0v) is 11.8. The standard InChI is InChI=1S/C13H14N2O4S/c1-15(2)11-5-3-4-9-8(11)6-7-10(13(16)17)12(9)20(14,18)19/h3-7H,1-2H3,(H,16,17)(H2,14,18,19). The van der Waals surface area contributed by atoms with Crippen LogP contribution in [0.15, 0.2) is 35.2 Å². The summed E-state index contributed by atoms with van der Waals surface area (Å²) in [6.45, 7) is 0. The molecule has 0 spiro atoms. The Hall–Kier alpha value is -2.12. The molecule has 6 nitrogen and oxygen atoms in total. The molecule has 7 heteroatoms. The van der Waals surface area contributed by atoms with Crippen molar-refractivity contribution in [1.29, 1.82) is 0 Å². The number of nitrogens with zero attached hydrogens (tertiary/aromatic N) is 1. The lowest BCUT2D eigenvalue weighted by Crippen LogP contribution is -2.18. The van der Waals surface area contributed by atoms with E-state index in [1.165, 1.54) is 6.07 Å². The van der Waals surface area contributed by atoms with Gasteiger partial charge < -0.3 is 10.0 Å². The van der Waals surface area contributed by atoms with Crippen molar-refractivity contribution in [3.8, 4) is 0 Å². The number of rotatable bonds is 3. The molecule has 2 aromatic carbocycles. The van der Waals surface area contributed by atoms with Crippen molar-refractivity contribution in [3.05, 3.63) is 35.9 Å². The molecule has 106 valence electrons. The Labute approximate surface area is 116 Å². The molecule has 0 aliphatic carbocycles. The number of fused-ring (bicyclic) bond motifs is 1. The number of aromatic carboxylic acids is 1. The molecule has 2 rings (SSSR count). The maximum absolute atomic E-state index is 11.8. The van der Waals surface area contributed by atoms with Gasteiger partial charge in [0.15, 0.2) is 0 Å². The highest BCUT2D eigenvalue weighted by atomic mass is 32.2. The summed E-state index contributed by atoms with van der Waals surface area (Å²) in [6, 6.07) is 7.88. The van der Waals surface area contributed by atoms with E-state index in [-0.39, 0.29) is 10.5 Å². The second-order valence-corrected chi connectivity index (χ2v) is 6.06. The Morgan fingerprint density at radius 3 is 2.30 bits per heavy atom. The minimum Gasteiger partial charge on any atom is -0.478 e. The van der Waals surface area contributed by atoms with Crippen molar-refractivity contribution in [3.63, 3.8) is 0 Å². The quantitative estimate of drug-likeness (QED) is 0.887. The molecule has 0 aliphatic rings. The normalized spacial score (nSPS) is 11.6. The van der Waals surface area contributed by atoms with Gasteiger partial charge in [-0.05, 0) is 12.1 Å². The number of anilines is 1. The van der Waals surface area contributed by atoms with Gasteiger partial charge in [-0.3, -0.25) is 0 Å². The Balaban J connectivity index is 3.01. The van der Waals surface area contributed by atoms with E-state index in [1.54, 1.807) is 18.2 Å². The van der Waals surface area contributed by atoms with Crippen LogP contribution in [0.1, 0.15) is 10.4 Å². The van der Waals surface area contributed by atoms with E-state index in [0.29, 0.717) is 10.8 Å². The van der Waals surface area contributed by atoms with Gasteiger partial charge in [0, 0.05) is 30.6 Å². The molecule has 0 aromatic heterocycles. The highest BCUT2D eigenvalue weighted by Gasteiger charge is 2.23. The van der Waals surface area contributed by atoms with Crippen LogP contribution >= 0.6 is 0 Å². The van der Waals surface area contributed by atoms with Gasteiger partial charge in [-0.1, -0.05) is 18.2 Å². The first kappa shape index (κ1) is 14.3. The first-order valence-electron chi connectivity index (χ1n) is 5.72. The van der Waals surface area contributed by atoms with Crippen molar-refractivity contribution in [2.45, 2.75) is 4.90 Å². The van der Waals surface area contributed by atoms with E-state index in [1.807, 2.05) is 25.1 Å². The van der Waals surface area contributed by atoms with Crippen LogP contribution in [0.4, 0.5) is 5.69 Å². The van der Waals surface area contributed by atoms with Gasteiger partial charge in [0.1, 0.15) is 4.90 Å². The monoisotopic (exact) mass is 294 g/mol. The second-order valence-electron chi connectivity index (χ2n) is 4.56. The molecule has 0 saturated heterocycles. The predicted octanol–water partition coefficient (Wildman–Crippen LogP) is 1.25. The first-order valence-corrected chi connectivity index (χ1v) is 7.27. The van der Waals surface area contributed by atoms with Gasteiger partial charge in [-0.25, -0.2) is 18.4 Å². The highest BCUT2D eigenvalue weighted by Crippen LogP contribution is 2.32. The number of primary sulfonamides is 1. The summed E-state index contributed by atoms with van der Waals surface area (Å²) in [7, 11) is -0.515. The SMILES string of the molecule is CN(C)c1cccc2c(S(N)(=O)=O)c(C(=O)O)ccc12. The van der Waals surface area contributed by atoms with Gasteiger partial charge in [0.2, 0.25) is 10.0 Å².